The van der Waals surface area contributed by atoms with Crippen molar-refractivity contribution in [2.24, 2.45) is 0 Å². The number of benzene rings is 1. The lowest BCUT2D eigenvalue weighted by Gasteiger charge is -2.34. The number of hydrogen-bond donors (Lipinski definition) is 0. The van der Waals surface area contributed by atoms with Gasteiger partial charge in [-0.05, 0) is 32.0 Å². The smallest absolute Gasteiger partial charge is 0.254 e. The molecule has 2 nitrogen and oxygen atoms in total. The number of amides is 1. The van der Waals surface area contributed by atoms with Gasteiger partial charge in [-0.3, -0.25) is 4.79 Å². The van der Waals surface area contributed by atoms with Crippen LogP contribution in [0.1, 0.15) is 24.2 Å². The van der Waals surface area contributed by atoms with E-state index in [1.807, 2.05) is 13.8 Å². The number of rotatable bonds is 3. The Morgan fingerprint density at radius 2 is 2.00 bits per heavy atom. The van der Waals surface area contributed by atoms with E-state index in [2.05, 4.69) is 15.9 Å². The molecule has 0 unspecified atom stereocenters. The van der Waals surface area contributed by atoms with Gasteiger partial charge in [0.15, 0.2) is 0 Å². The molecule has 0 aliphatic carbocycles. The molecule has 0 aliphatic rings. The van der Waals surface area contributed by atoms with Crippen LogP contribution in [0, 0.1) is 0 Å². The van der Waals surface area contributed by atoms with Gasteiger partial charge in [0, 0.05) is 28.0 Å². The zero-order valence-corrected chi connectivity index (χ0v) is 13.0. The third kappa shape index (κ3) is 3.60. The number of alkyl halides is 1. The molecule has 0 saturated heterocycles. The Morgan fingerprint density at radius 3 is 2.47 bits per heavy atom. The number of halogens is 3. The van der Waals surface area contributed by atoms with Crippen molar-refractivity contribution in [2.75, 3.05) is 12.9 Å². The highest BCUT2D eigenvalue weighted by molar-refractivity contribution is 9.10. The predicted molar refractivity (Wildman–Crippen MR) is 76.0 cm³/mol. The summed E-state index contributed by atoms with van der Waals surface area (Å²) in [6.45, 7) is 3.83. The second-order valence-electron chi connectivity index (χ2n) is 4.47. The lowest BCUT2D eigenvalue weighted by molar-refractivity contribution is 0.0660. The van der Waals surface area contributed by atoms with E-state index < -0.39 is 5.54 Å². The first-order valence-electron chi connectivity index (χ1n) is 5.08. The number of carbonyl (C=O) groups excluding carboxylic acids is 1. The first-order valence-corrected chi connectivity index (χ1v) is 6.78. The van der Waals surface area contributed by atoms with Crippen LogP contribution in [0.3, 0.4) is 0 Å². The molecule has 1 amide bonds. The van der Waals surface area contributed by atoms with Gasteiger partial charge >= 0.3 is 0 Å². The van der Waals surface area contributed by atoms with Gasteiger partial charge in [0.05, 0.1) is 5.54 Å². The van der Waals surface area contributed by atoms with E-state index in [0.29, 0.717) is 16.5 Å². The zero-order valence-electron chi connectivity index (χ0n) is 9.93. The Balaban J connectivity index is 3.04. The Morgan fingerprint density at radius 1 is 1.41 bits per heavy atom. The average molecular weight is 339 g/mol. The summed E-state index contributed by atoms with van der Waals surface area (Å²) in [7, 11) is 1.74. The van der Waals surface area contributed by atoms with Gasteiger partial charge in [0.25, 0.3) is 5.91 Å². The summed E-state index contributed by atoms with van der Waals surface area (Å²) in [5.41, 5.74) is 0.151. The van der Waals surface area contributed by atoms with Gasteiger partial charge in [-0.25, -0.2) is 0 Å². The van der Waals surface area contributed by atoms with Crippen molar-refractivity contribution in [3.8, 4) is 0 Å². The van der Waals surface area contributed by atoms with Gasteiger partial charge in [0.1, 0.15) is 0 Å². The lowest BCUT2D eigenvalue weighted by atomic mass is 10.0. The summed E-state index contributed by atoms with van der Waals surface area (Å²) in [5, 5.41) is 0.528. The molecule has 1 aromatic carbocycles. The molecular formula is C12H14BrCl2NO. The van der Waals surface area contributed by atoms with Crippen molar-refractivity contribution in [3.05, 3.63) is 33.3 Å². The maximum absolute atomic E-state index is 12.2. The van der Waals surface area contributed by atoms with E-state index in [4.69, 9.17) is 23.2 Å². The fraction of sp³-hybridized carbons (Fsp3) is 0.417. The number of carbonyl (C=O) groups is 1. The first-order chi connectivity index (χ1) is 7.77. The molecule has 0 atom stereocenters. The van der Waals surface area contributed by atoms with E-state index in [1.54, 1.807) is 30.1 Å². The van der Waals surface area contributed by atoms with Gasteiger partial charge < -0.3 is 4.90 Å². The molecule has 0 radical (unpaired) electrons. The third-order valence-electron chi connectivity index (χ3n) is 2.65. The minimum atomic E-state index is -0.395. The van der Waals surface area contributed by atoms with Crippen LogP contribution in [0.25, 0.3) is 0 Å². The van der Waals surface area contributed by atoms with E-state index >= 15 is 0 Å². The van der Waals surface area contributed by atoms with Crippen LogP contribution in [-0.2, 0) is 0 Å². The minimum Gasteiger partial charge on any atom is -0.335 e. The molecule has 0 N–H and O–H groups in total. The molecule has 0 aromatic heterocycles. The minimum absolute atomic E-state index is 0.0983. The topological polar surface area (TPSA) is 20.3 Å². The van der Waals surface area contributed by atoms with Gasteiger partial charge in [-0.1, -0.05) is 27.5 Å². The Kier molecular flexibility index (Phi) is 4.87. The molecule has 0 bridgehead atoms. The summed E-state index contributed by atoms with van der Waals surface area (Å²) in [4.78, 5) is 13.9. The van der Waals surface area contributed by atoms with Crippen LogP contribution >= 0.6 is 39.1 Å². The molecular weight excluding hydrogens is 325 g/mol. The van der Waals surface area contributed by atoms with Crippen LogP contribution in [0.4, 0.5) is 0 Å². The highest BCUT2D eigenvalue weighted by atomic mass is 79.9. The maximum Gasteiger partial charge on any atom is 0.254 e. The maximum atomic E-state index is 12.2. The summed E-state index contributed by atoms with van der Waals surface area (Å²) in [5.74, 6) is 0.274. The van der Waals surface area contributed by atoms with Crippen molar-refractivity contribution in [3.63, 3.8) is 0 Å². The van der Waals surface area contributed by atoms with Gasteiger partial charge in [-0.15, -0.1) is 11.6 Å². The summed E-state index contributed by atoms with van der Waals surface area (Å²) in [6, 6.07) is 5.13. The van der Waals surface area contributed by atoms with Crippen molar-refractivity contribution in [1.82, 2.24) is 4.90 Å². The van der Waals surface area contributed by atoms with Crippen LogP contribution in [0.2, 0.25) is 5.02 Å². The van der Waals surface area contributed by atoms with Gasteiger partial charge in [0.2, 0.25) is 0 Å². The standard InChI is InChI=1S/C12H14BrCl2NO/c1-12(2,7-14)16(3)11(17)8-4-9(13)6-10(15)5-8/h4-6H,7H2,1-3H3. The largest absolute Gasteiger partial charge is 0.335 e. The fourth-order valence-electron chi connectivity index (χ4n) is 1.24. The second-order valence-corrected chi connectivity index (χ2v) is 6.09. The first kappa shape index (κ1) is 14.8. The SMILES string of the molecule is CN(C(=O)c1cc(Cl)cc(Br)c1)C(C)(C)CCl. The van der Waals surface area contributed by atoms with Crippen molar-refractivity contribution in [2.45, 2.75) is 19.4 Å². The molecule has 0 saturated carbocycles. The predicted octanol–water partition coefficient (Wildman–Crippen LogP) is 4.19. The lowest BCUT2D eigenvalue weighted by Crippen LogP contribution is -2.46. The fourth-order valence-corrected chi connectivity index (χ4v) is 2.27. The van der Waals surface area contributed by atoms with E-state index in [9.17, 15) is 4.79 Å². The molecule has 0 heterocycles. The summed E-state index contributed by atoms with van der Waals surface area (Å²) >= 11 is 15.1. The highest BCUT2D eigenvalue weighted by Crippen LogP contribution is 2.23. The second kappa shape index (κ2) is 5.59. The monoisotopic (exact) mass is 337 g/mol. The van der Waals surface area contributed by atoms with Gasteiger partial charge in [-0.2, -0.15) is 0 Å². The molecule has 0 spiro atoms. The third-order valence-corrected chi connectivity index (χ3v) is 3.98. The number of nitrogens with zero attached hydrogens (tertiary/aromatic N) is 1. The molecule has 0 fully saturated rings. The quantitative estimate of drug-likeness (QED) is 0.756. The van der Waals surface area contributed by atoms with Crippen molar-refractivity contribution < 1.29 is 4.79 Å². The van der Waals surface area contributed by atoms with Crippen molar-refractivity contribution >= 4 is 45.0 Å². The molecule has 5 heteroatoms. The Labute approximate surface area is 120 Å². The summed E-state index contributed by atoms with van der Waals surface area (Å²) in [6.07, 6.45) is 0. The van der Waals surface area contributed by atoms with Crippen LogP contribution in [0.5, 0.6) is 0 Å². The van der Waals surface area contributed by atoms with E-state index in [1.165, 1.54) is 0 Å². The summed E-state index contributed by atoms with van der Waals surface area (Å²) < 4.78 is 0.783. The Bertz CT molecular complexity index is 414. The molecule has 1 rings (SSSR count). The van der Waals surface area contributed by atoms with Crippen LogP contribution in [-0.4, -0.2) is 29.3 Å². The van der Waals surface area contributed by atoms with E-state index in [0.717, 1.165) is 4.47 Å². The number of hydrogen-bond acceptors (Lipinski definition) is 1. The normalized spacial score (nSPS) is 11.4. The van der Waals surface area contributed by atoms with E-state index in [-0.39, 0.29) is 5.91 Å². The van der Waals surface area contributed by atoms with Crippen molar-refractivity contribution in [1.29, 1.82) is 0 Å². The molecule has 0 aliphatic heterocycles. The average Bonchev–Trinajstić information content (AvgIpc) is 2.25. The highest BCUT2D eigenvalue weighted by Gasteiger charge is 2.27. The zero-order chi connectivity index (χ0) is 13.2. The molecule has 94 valence electrons. The molecule has 1 aromatic rings. The van der Waals surface area contributed by atoms with Crippen LogP contribution in [0.15, 0.2) is 22.7 Å². The molecule has 17 heavy (non-hydrogen) atoms. The van der Waals surface area contributed by atoms with Crippen LogP contribution < -0.4 is 0 Å². The Hall–Kier alpha value is -0.250.